The second-order valence-electron chi connectivity index (χ2n) is 11.5. The van der Waals surface area contributed by atoms with Gasteiger partial charge >= 0.3 is 6.18 Å². The molecule has 0 fully saturated rings. The van der Waals surface area contributed by atoms with Crippen LogP contribution in [0.15, 0.2) is 102 Å². The smallest absolute Gasteiger partial charge is 0.352 e. The van der Waals surface area contributed by atoms with E-state index in [4.69, 9.17) is 23.2 Å². The van der Waals surface area contributed by atoms with Crippen LogP contribution in [0.2, 0.25) is 10.0 Å². The van der Waals surface area contributed by atoms with Crippen LogP contribution in [-0.2, 0) is 38.8 Å². The van der Waals surface area contributed by atoms with Crippen molar-refractivity contribution in [2.45, 2.75) is 56.9 Å². The van der Waals surface area contributed by atoms with E-state index in [1.165, 1.54) is 29.2 Å². The number of hydrogen-bond donors (Lipinski definition) is 1. The highest BCUT2D eigenvalue weighted by atomic mass is 35.5. The molecule has 2 amide bonds. The zero-order chi connectivity index (χ0) is 35.2. The quantitative estimate of drug-likeness (QED) is 0.163. The molecule has 0 radical (unpaired) electrons. The third kappa shape index (κ3) is 9.09. The van der Waals surface area contributed by atoms with Gasteiger partial charge in [-0.3, -0.25) is 13.9 Å². The summed E-state index contributed by atoms with van der Waals surface area (Å²) >= 11 is 12.4. The summed E-state index contributed by atoms with van der Waals surface area (Å²) < 4.78 is 70.7. The van der Waals surface area contributed by atoms with Crippen LogP contribution in [0.5, 0.6) is 0 Å². The van der Waals surface area contributed by atoms with Crippen molar-refractivity contribution in [1.82, 2.24) is 10.2 Å². The molecule has 7 nitrogen and oxygen atoms in total. The van der Waals surface area contributed by atoms with Gasteiger partial charge in [0.15, 0.2) is 0 Å². The van der Waals surface area contributed by atoms with Crippen molar-refractivity contribution in [3.05, 3.63) is 129 Å². The molecule has 0 aromatic heterocycles. The highest BCUT2D eigenvalue weighted by Gasteiger charge is 2.38. The van der Waals surface area contributed by atoms with Gasteiger partial charge in [-0.05, 0) is 68.3 Å². The van der Waals surface area contributed by atoms with Crippen LogP contribution in [0.4, 0.5) is 18.9 Å². The summed E-state index contributed by atoms with van der Waals surface area (Å²) in [5.41, 5.74) is 0.221. The number of alkyl halides is 3. The SMILES string of the molecule is Cc1ccc(S(=O)(=O)N(CC(=O)N(Cc2ccccc2Cl)C(Cc2ccccc2)C(=O)NC(C)C)c2ccc(Cl)c(C(F)(F)F)c2)cc1. The van der Waals surface area contributed by atoms with Crippen LogP contribution in [-0.4, -0.2) is 43.8 Å². The predicted molar refractivity (Wildman–Crippen MR) is 181 cm³/mol. The summed E-state index contributed by atoms with van der Waals surface area (Å²) in [5.74, 6) is -1.36. The lowest BCUT2D eigenvalue weighted by molar-refractivity contribution is -0.140. The zero-order valence-electron chi connectivity index (χ0n) is 26.3. The van der Waals surface area contributed by atoms with Crippen LogP contribution in [0.3, 0.4) is 0 Å². The second kappa shape index (κ2) is 15.4. The molecule has 13 heteroatoms. The van der Waals surface area contributed by atoms with Crippen molar-refractivity contribution >= 4 is 50.7 Å². The summed E-state index contributed by atoms with van der Waals surface area (Å²) in [4.78, 5) is 29.2. The summed E-state index contributed by atoms with van der Waals surface area (Å²) in [7, 11) is -4.63. The lowest BCUT2D eigenvalue weighted by Gasteiger charge is -2.34. The molecule has 1 unspecified atom stereocenters. The molecule has 0 saturated carbocycles. The Hall–Kier alpha value is -4.06. The Morgan fingerprint density at radius 3 is 2.08 bits per heavy atom. The van der Waals surface area contributed by atoms with Crippen LogP contribution in [0, 0.1) is 6.92 Å². The first kappa shape index (κ1) is 36.8. The average Bonchev–Trinajstić information content (AvgIpc) is 3.02. The van der Waals surface area contributed by atoms with E-state index in [1.54, 1.807) is 75.4 Å². The van der Waals surface area contributed by atoms with E-state index in [-0.39, 0.29) is 23.9 Å². The minimum atomic E-state index is -4.91. The Morgan fingerprint density at radius 1 is 0.854 bits per heavy atom. The van der Waals surface area contributed by atoms with Gasteiger partial charge in [0.1, 0.15) is 12.6 Å². The Bertz CT molecular complexity index is 1860. The maximum atomic E-state index is 14.5. The van der Waals surface area contributed by atoms with Gasteiger partial charge in [0.2, 0.25) is 11.8 Å². The Morgan fingerprint density at radius 2 is 1.48 bits per heavy atom. The predicted octanol–water partition coefficient (Wildman–Crippen LogP) is 7.68. The molecule has 0 aliphatic carbocycles. The molecule has 4 aromatic carbocycles. The first-order chi connectivity index (χ1) is 22.6. The number of amides is 2. The van der Waals surface area contributed by atoms with Gasteiger partial charge in [-0.25, -0.2) is 8.42 Å². The fraction of sp³-hybridized carbons (Fsp3) is 0.257. The van der Waals surface area contributed by atoms with Crippen LogP contribution in [0.1, 0.15) is 36.1 Å². The van der Waals surface area contributed by atoms with Gasteiger partial charge in [0.05, 0.1) is 21.2 Å². The number of nitrogens with zero attached hydrogens (tertiary/aromatic N) is 2. The van der Waals surface area contributed by atoms with E-state index in [1.807, 2.05) is 0 Å². The number of sulfonamides is 1. The molecule has 0 saturated heterocycles. The number of halogens is 5. The molecule has 48 heavy (non-hydrogen) atoms. The Balaban J connectivity index is 1.88. The highest BCUT2D eigenvalue weighted by molar-refractivity contribution is 7.92. The number of hydrogen-bond acceptors (Lipinski definition) is 4. The van der Waals surface area contributed by atoms with E-state index in [0.29, 0.717) is 21.0 Å². The molecule has 1 N–H and O–H groups in total. The fourth-order valence-corrected chi connectivity index (χ4v) is 6.82. The fourth-order valence-electron chi connectivity index (χ4n) is 5.00. The van der Waals surface area contributed by atoms with Gasteiger partial charge in [-0.2, -0.15) is 13.2 Å². The molecule has 4 aromatic rings. The lowest BCUT2D eigenvalue weighted by atomic mass is 10.0. The van der Waals surface area contributed by atoms with Crippen molar-refractivity contribution in [3.63, 3.8) is 0 Å². The molecule has 0 bridgehead atoms. The number of rotatable bonds is 12. The number of carbonyl (C=O) groups is 2. The summed E-state index contributed by atoms with van der Waals surface area (Å²) in [5, 5.41) is 2.50. The van der Waals surface area contributed by atoms with E-state index < -0.39 is 56.9 Å². The molecule has 254 valence electrons. The first-order valence-electron chi connectivity index (χ1n) is 14.9. The number of aryl methyl sites for hydroxylation is 1. The van der Waals surface area contributed by atoms with Gasteiger partial charge in [-0.15, -0.1) is 0 Å². The largest absolute Gasteiger partial charge is 0.417 e. The molecular formula is C35H34Cl2F3N3O4S. The van der Waals surface area contributed by atoms with Crippen LogP contribution >= 0.6 is 23.2 Å². The summed E-state index contributed by atoms with van der Waals surface area (Å²) in [6.45, 7) is 4.11. The summed E-state index contributed by atoms with van der Waals surface area (Å²) in [6.07, 6.45) is -4.86. The maximum Gasteiger partial charge on any atom is 0.417 e. The lowest BCUT2D eigenvalue weighted by Crippen LogP contribution is -2.54. The summed E-state index contributed by atoms with van der Waals surface area (Å²) in [6, 6.07) is 22.4. The minimum Gasteiger partial charge on any atom is -0.352 e. The Kier molecular flexibility index (Phi) is 11.8. The van der Waals surface area contributed by atoms with Crippen LogP contribution < -0.4 is 9.62 Å². The molecule has 0 aliphatic rings. The van der Waals surface area contributed by atoms with Gasteiger partial charge in [-0.1, -0.05) is 89.4 Å². The molecule has 0 aliphatic heterocycles. The molecule has 0 heterocycles. The topological polar surface area (TPSA) is 86.8 Å². The van der Waals surface area contributed by atoms with Crippen molar-refractivity contribution in [1.29, 1.82) is 0 Å². The Labute approximate surface area is 288 Å². The molecule has 4 rings (SSSR count). The third-order valence-electron chi connectivity index (χ3n) is 7.43. The minimum absolute atomic E-state index is 0.0550. The molecule has 0 spiro atoms. The van der Waals surface area contributed by atoms with E-state index in [9.17, 15) is 31.2 Å². The number of nitrogens with one attached hydrogen (secondary N) is 1. The standard InChI is InChI=1S/C35H34Cl2F3N3O4S/c1-23(2)41-34(45)32(19-25-9-5-4-6-10-25)42(21-26-11-7-8-12-30(26)36)33(44)22-43(48(46,47)28-16-13-24(3)14-17-28)27-15-18-31(37)29(20-27)35(38,39)40/h4-18,20,23,32H,19,21-22H2,1-3H3,(H,41,45). The van der Waals surface area contributed by atoms with Crippen molar-refractivity contribution in [2.24, 2.45) is 0 Å². The third-order valence-corrected chi connectivity index (χ3v) is 9.92. The van der Waals surface area contributed by atoms with Gasteiger partial charge in [0, 0.05) is 24.0 Å². The number of carbonyl (C=O) groups excluding carboxylic acids is 2. The normalized spacial score (nSPS) is 12.4. The van der Waals surface area contributed by atoms with Gasteiger partial charge < -0.3 is 10.2 Å². The van der Waals surface area contributed by atoms with Crippen LogP contribution in [0.25, 0.3) is 0 Å². The zero-order valence-corrected chi connectivity index (χ0v) is 28.7. The van der Waals surface area contributed by atoms with Gasteiger partial charge in [0.25, 0.3) is 10.0 Å². The number of anilines is 1. The highest BCUT2D eigenvalue weighted by Crippen LogP contribution is 2.38. The average molecular weight is 721 g/mol. The van der Waals surface area contributed by atoms with E-state index in [2.05, 4.69) is 5.32 Å². The number of benzene rings is 4. The van der Waals surface area contributed by atoms with Crippen molar-refractivity contribution in [2.75, 3.05) is 10.8 Å². The van der Waals surface area contributed by atoms with E-state index in [0.717, 1.165) is 23.3 Å². The monoisotopic (exact) mass is 719 g/mol. The van der Waals surface area contributed by atoms with Crippen molar-refractivity contribution < 1.29 is 31.2 Å². The first-order valence-corrected chi connectivity index (χ1v) is 17.1. The van der Waals surface area contributed by atoms with E-state index >= 15 is 0 Å². The second-order valence-corrected chi connectivity index (χ2v) is 14.1. The molecular weight excluding hydrogens is 686 g/mol. The van der Waals surface area contributed by atoms with Crippen molar-refractivity contribution in [3.8, 4) is 0 Å². The maximum absolute atomic E-state index is 14.5. The molecule has 1 atom stereocenters.